The predicted octanol–water partition coefficient (Wildman–Crippen LogP) is 4.22. The van der Waals surface area contributed by atoms with Crippen molar-refractivity contribution in [2.24, 2.45) is 0 Å². The Kier molecular flexibility index (Phi) is 5.57. The van der Waals surface area contributed by atoms with E-state index in [0.29, 0.717) is 33.0 Å². The average molecular weight is 482 g/mol. The maximum Gasteiger partial charge on any atom is 0.387 e. The van der Waals surface area contributed by atoms with Gasteiger partial charge in [0.05, 0.1) is 34.4 Å². The highest BCUT2D eigenvalue weighted by Crippen LogP contribution is 2.34. The van der Waals surface area contributed by atoms with Crippen LogP contribution in [0.15, 0.2) is 60.0 Å². The van der Waals surface area contributed by atoms with Crippen molar-refractivity contribution in [2.45, 2.75) is 18.4 Å². The highest BCUT2D eigenvalue weighted by molar-refractivity contribution is 8.00. The van der Waals surface area contributed by atoms with E-state index in [2.05, 4.69) is 20.2 Å². The molecule has 0 fully saturated rings. The van der Waals surface area contributed by atoms with Gasteiger partial charge in [-0.3, -0.25) is 9.78 Å². The standard InChI is InChI=1S/C22H16F2N6O3S/c1-12-14-9-26-16(15-10-27-29-6-2-5-25-21(15)29)8-17(14)30(28-12)18-7-13(34-11-20(31)32)3-4-19(18)33-22(23)24/h2-10,22H,11H2,1H3,(H,31,32). The third-order valence-corrected chi connectivity index (χ3v) is 6.02. The quantitative estimate of drug-likeness (QED) is 0.344. The van der Waals surface area contributed by atoms with Crippen molar-refractivity contribution in [1.82, 2.24) is 29.4 Å². The van der Waals surface area contributed by atoms with Crippen LogP contribution in [0.4, 0.5) is 8.78 Å². The number of aryl methyl sites for hydroxylation is 1. The van der Waals surface area contributed by atoms with Crippen LogP contribution in [0.2, 0.25) is 0 Å². The minimum absolute atomic E-state index is 0.0879. The summed E-state index contributed by atoms with van der Waals surface area (Å²) in [5.74, 6) is -1.25. The average Bonchev–Trinajstić information content (AvgIpc) is 3.39. The van der Waals surface area contributed by atoms with Crippen LogP contribution in [-0.4, -0.2) is 52.8 Å². The summed E-state index contributed by atoms with van der Waals surface area (Å²) in [5.41, 5.74) is 3.39. The number of carboxylic acids is 1. The van der Waals surface area contributed by atoms with E-state index < -0.39 is 12.6 Å². The van der Waals surface area contributed by atoms with E-state index in [9.17, 15) is 13.6 Å². The smallest absolute Gasteiger partial charge is 0.387 e. The maximum atomic E-state index is 13.1. The molecule has 4 aromatic heterocycles. The number of alkyl halides is 2. The molecule has 1 N–H and O–H groups in total. The summed E-state index contributed by atoms with van der Waals surface area (Å²) < 4.78 is 34.1. The Morgan fingerprint density at radius 3 is 2.88 bits per heavy atom. The van der Waals surface area contributed by atoms with Gasteiger partial charge in [-0.25, -0.2) is 14.2 Å². The lowest BCUT2D eigenvalue weighted by Crippen LogP contribution is -2.07. The molecule has 5 rings (SSSR count). The summed E-state index contributed by atoms with van der Waals surface area (Å²) in [6.07, 6.45) is 6.74. The number of carbonyl (C=O) groups is 1. The summed E-state index contributed by atoms with van der Waals surface area (Å²) in [7, 11) is 0. The highest BCUT2D eigenvalue weighted by atomic mass is 32.2. The number of rotatable bonds is 7. The van der Waals surface area contributed by atoms with E-state index in [1.807, 2.05) is 0 Å². The molecule has 0 bridgehead atoms. The van der Waals surface area contributed by atoms with Gasteiger partial charge in [0, 0.05) is 28.9 Å². The van der Waals surface area contributed by atoms with Crippen LogP contribution < -0.4 is 4.74 Å². The number of thioether (sulfide) groups is 1. The fourth-order valence-electron chi connectivity index (χ4n) is 3.59. The summed E-state index contributed by atoms with van der Waals surface area (Å²) in [5, 5.41) is 18.5. The van der Waals surface area contributed by atoms with E-state index in [4.69, 9.17) is 9.84 Å². The molecule has 0 amide bonds. The second-order valence-corrected chi connectivity index (χ2v) is 8.27. The van der Waals surface area contributed by atoms with E-state index >= 15 is 0 Å². The summed E-state index contributed by atoms with van der Waals surface area (Å²) in [6.45, 7) is -1.26. The first kappa shape index (κ1) is 21.8. The summed E-state index contributed by atoms with van der Waals surface area (Å²) in [4.78, 5) is 20.4. The van der Waals surface area contributed by atoms with E-state index in [-0.39, 0.29) is 17.2 Å². The van der Waals surface area contributed by atoms with Crippen molar-refractivity contribution in [3.63, 3.8) is 0 Å². The first-order chi connectivity index (χ1) is 16.4. The molecule has 0 aliphatic rings. The van der Waals surface area contributed by atoms with Gasteiger partial charge in [-0.1, -0.05) is 0 Å². The van der Waals surface area contributed by atoms with E-state index in [0.717, 1.165) is 17.1 Å². The zero-order chi connectivity index (χ0) is 23.8. The van der Waals surface area contributed by atoms with Gasteiger partial charge in [0.2, 0.25) is 0 Å². The maximum absolute atomic E-state index is 13.1. The van der Waals surface area contributed by atoms with Crippen molar-refractivity contribution < 1.29 is 23.4 Å². The molecule has 0 spiro atoms. The number of hydrogen-bond donors (Lipinski definition) is 1. The number of carboxylic acid groups (broad SMARTS) is 1. The van der Waals surface area contributed by atoms with Gasteiger partial charge in [0.25, 0.3) is 0 Å². The van der Waals surface area contributed by atoms with Crippen LogP contribution in [0.3, 0.4) is 0 Å². The number of fused-ring (bicyclic) bond motifs is 2. The second-order valence-electron chi connectivity index (χ2n) is 7.22. The third kappa shape index (κ3) is 4.03. The van der Waals surface area contributed by atoms with Crippen LogP contribution in [0.1, 0.15) is 5.69 Å². The Balaban J connectivity index is 1.68. The number of hydrogen-bond acceptors (Lipinski definition) is 7. The monoisotopic (exact) mass is 482 g/mol. The molecular formula is C22H16F2N6O3S. The largest absolute Gasteiger partial charge is 0.481 e. The molecule has 172 valence electrons. The van der Waals surface area contributed by atoms with Crippen molar-refractivity contribution in [2.75, 3.05) is 5.75 Å². The second kappa shape index (κ2) is 8.71. The topological polar surface area (TPSA) is 107 Å². The molecule has 4 heterocycles. The molecule has 0 saturated heterocycles. The Morgan fingerprint density at radius 1 is 1.24 bits per heavy atom. The SMILES string of the molecule is Cc1nn(-c2cc(SCC(=O)O)ccc2OC(F)F)c2cc(-c3cnn4cccnc34)ncc12. The molecule has 0 radical (unpaired) electrons. The first-order valence-electron chi connectivity index (χ1n) is 9.98. The third-order valence-electron chi connectivity index (χ3n) is 5.04. The lowest BCUT2D eigenvalue weighted by atomic mass is 10.1. The molecule has 1 aromatic carbocycles. The van der Waals surface area contributed by atoms with Crippen LogP contribution >= 0.6 is 11.8 Å². The van der Waals surface area contributed by atoms with Crippen LogP contribution in [0.5, 0.6) is 5.75 Å². The van der Waals surface area contributed by atoms with Gasteiger partial charge in [0.1, 0.15) is 5.69 Å². The molecule has 34 heavy (non-hydrogen) atoms. The number of halogens is 2. The Labute approximate surface area is 195 Å². The van der Waals surface area contributed by atoms with Crippen molar-refractivity contribution >= 4 is 34.3 Å². The van der Waals surface area contributed by atoms with E-state index in [1.54, 1.807) is 54.4 Å². The van der Waals surface area contributed by atoms with Crippen LogP contribution in [0.25, 0.3) is 33.5 Å². The zero-order valence-corrected chi connectivity index (χ0v) is 18.4. The number of ether oxygens (including phenoxy) is 1. The fourth-order valence-corrected chi connectivity index (χ4v) is 4.24. The summed E-state index contributed by atoms with van der Waals surface area (Å²) >= 11 is 1.06. The van der Waals surface area contributed by atoms with Crippen LogP contribution in [0, 0.1) is 6.92 Å². The Morgan fingerprint density at radius 2 is 2.09 bits per heavy atom. The van der Waals surface area contributed by atoms with Crippen molar-refractivity contribution in [1.29, 1.82) is 0 Å². The lowest BCUT2D eigenvalue weighted by molar-refractivity contribution is -0.133. The number of aliphatic carboxylic acids is 1. The van der Waals surface area contributed by atoms with E-state index in [1.165, 1.54) is 16.8 Å². The van der Waals surface area contributed by atoms with Gasteiger partial charge in [0.15, 0.2) is 11.4 Å². The molecule has 12 heteroatoms. The van der Waals surface area contributed by atoms with Crippen LogP contribution in [-0.2, 0) is 4.79 Å². The first-order valence-corrected chi connectivity index (χ1v) is 11.0. The minimum Gasteiger partial charge on any atom is -0.481 e. The molecule has 0 unspecified atom stereocenters. The molecule has 0 aliphatic carbocycles. The normalized spacial score (nSPS) is 11.5. The molecule has 5 aromatic rings. The minimum atomic E-state index is -3.04. The van der Waals surface area contributed by atoms with Gasteiger partial charge >= 0.3 is 12.6 Å². The Bertz CT molecular complexity index is 1530. The van der Waals surface area contributed by atoms with Crippen molar-refractivity contribution in [3.05, 3.63) is 60.8 Å². The fraction of sp³-hybridized carbons (Fsp3) is 0.136. The van der Waals surface area contributed by atoms with Gasteiger partial charge in [-0.15, -0.1) is 11.8 Å². The predicted molar refractivity (Wildman–Crippen MR) is 121 cm³/mol. The number of aromatic nitrogens is 6. The molecule has 0 atom stereocenters. The summed E-state index contributed by atoms with van der Waals surface area (Å²) in [6, 6.07) is 8.04. The molecule has 9 nitrogen and oxygen atoms in total. The molecule has 0 saturated carbocycles. The lowest BCUT2D eigenvalue weighted by Gasteiger charge is -2.13. The zero-order valence-electron chi connectivity index (χ0n) is 17.6. The molecule has 0 aliphatic heterocycles. The van der Waals surface area contributed by atoms with Gasteiger partial charge < -0.3 is 9.84 Å². The van der Waals surface area contributed by atoms with Gasteiger partial charge in [-0.2, -0.15) is 19.0 Å². The van der Waals surface area contributed by atoms with Gasteiger partial charge in [-0.05, 0) is 37.3 Å². The number of pyridine rings is 1. The highest BCUT2D eigenvalue weighted by Gasteiger charge is 2.19. The molecular weight excluding hydrogens is 466 g/mol. The van der Waals surface area contributed by atoms with Crippen molar-refractivity contribution in [3.8, 4) is 22.7 Å². The number of benzene rings is 1. The number of nitrogens with zero attached hydrogens (tertiary/aromatic N) is 6. The Hall–Kier alpha value is -4.06.